The van der Waals surface area contributed by atoms with Gasteiger partial charge in [-0.1, -0.05) is 25.2 Å². The molecule has 0 spiro atoms. The Bertz CT molecular complexity index is 194. The van der Waals surface area contributed by atoms with Gasteiger partial charge in [0.15, 0.2) is 0 Å². The number of rotatable bonds is 0. The lowest BCUT2D eigenvalue weighted by Crippen LogP contribution is -2.27. The maximum absolute atomic E-state index is 9.53. The van der Waals surface area contributed by atoms with Gasteiger partial charge in [-0.3, -0.25) is 0 Å². The van der Waals surface area contributed by atoms with Crippen LogP contribution in [0.15, 0.2) is 23.8 Å². The summed E-state index contributed by atoms with van der Waals surface area (Å²) < 4.78 is 0. The van der Waals surface area contributed by atoms with Gasteiger partial charge in [0.1, 0.15) is 0 Å². The molecule has 2 heteroatoms. The van der Waals surface area contributed by atoms with E-state index in [4.69, 9.17) is 0 Å². The largest absolute Gasteiger partial charge is 0.389 e. The van der Waals surface area contributed by atoms with Gasteiger partial charge in [0, 0.05) is 5.92 Å². The first-order chi connectivity index (χ1) is 5.13. The molecule has 0 aromatic heterocycles. The number of hydrogen-bond acceptors (Lipinski definition) is 2. The highest BCUT2D eigenvalue weighted by Gasteiger charge is 2.22. The Morgan fingerprint density at radius 1 is 1.36 bits per heavy atom. The molecule has 0 aliphatic heterocycles. The highest BCUT2D eigenvalue weighted by Crippen LogP contribution is 2.19. The molecule has 2 N–H and O–H groups in total. The van der Waals surface area contributed by atoms with Crippen LogP contribution in [-0.2, 0) is 0 Å². The van der Waals surface area contributed by atoms with Crippen LogP contribution in [0.1, 0.15) is 13.8 Å². The van der Waals surface area contributed by atoms with Gasteiger partial charge in [0.05, 0.1) is 12.2 Å². The topological polar surface area (TPSA) is 40.5 Å². The van der Waals surface area contributed by atoms with Crippen LogP contribution < -0.4 is 0 Å². The van der Waals surface area contributed by atoms with Crippen LogP contribution in [0.5, 0.6) is 0 Å². The number of aliphatic hydroxyl groups excluding tert-OH is 2. The Kier molecular flexibility index (Phi) is 2.47. The van der Waals surface area contributed by atoms with Crippen LogP contribution in [0.25, 0.3) is 0 Å². The summed E-state index contributed by atoms with van der Waals surface area (Å²) in [6.45, 7) is 3.70. The fourth-order valence-electron chi connectivity index (χ4n) is 1.20. The van der Waals surface area contributed by atoms with Crippen LogP contribution in [0, 0.1) is 5.92 Å². The quantitative estimate of drug-likeness (QED) is 0.543. The van der Waals surface area contributed by atoms with E-state index in [1.165, 1.54) is 0 Å². The van der Waals surface area contributed by atoms with Crippen molar-refractivity contribution < 1.29 is 10.2 Å². The molecule has 0 radical (unpaired) electrons. The van der Waals surface area contributed by atoms with E-state index >= 15 is 0 Å². The van der Waals surface area contributed by atoms with Crippen molar-refractivity contribution in [3.05, 3.63) is 23.8 Å². The molecule has 0 heterocycles. The zero-order valence-electron chi connectivity index (χ0n) is 6.86. The monoisotopic (exact) mass is 154 g/mol. The highest BCUT2D eigenvalue weighted by molar-refractivity contribution is 5.20. The van der Waals surface area contributed by atoms with E-state index in [-0.39, 0.29) is 5.92 Å². The second-order valence-electron chi connectivity index (χ2n) is 3.09. The smallest absolute Gasteiger partial charge is 0.0803 e. The van der Waals surface area contributed by atoms with E-state index in [0.29, 0.717) is 0 Å². The van der Waals surface area contributed by atoms with Gasteiger partial charge < -0.3 is 10.2 Å². The average molecular weight is 154 g/mol. The standard InChI is InChI=1S/C9H14O2/c1-6-4-3-5-8(10)7(2)9(6)11/h3-5,7-11H,1-2H3/t7-,8+,9+/m0/s1. The van der Waals surface area contributed by atoms with Gasteiger partial charge in [-0.25, -0.2) is 0 Å². The molecular formula is C9H14O2. The molecule has 0 bridgehead atoms. The first kappa shape index (κ1) is 8.50. The van der Waals surface area contributed by atoms with Crippen molar-refractivity contribution in [1.29, 1.82) is 0 Å². The summed E-state index contributed by atoms with van der Waals surface area (Å²) in [5.74, 6) is -0.106. The van der Waals surface area contributed by atoms with Gasteiger partial charge in [-0.2, -0.15) is 0 Å². The summed E-state index contributed by atoms with van der Waals surface area (Å²) in [5.41, 5.74) is 0.908. The molecule has 0 aromatic rings. The lowest BCUT2D eigenvalue weighted by atomic mass is 9.95. The fraction of sp³-hybridized carbons (Fsp3) is 0.556. The van der Waals surface area contributed by atoms with Crippen LogP contribution >= 0.6 is 0 Å². The fourth-order valence-corrected chi connectivity index (χ4v) is 1.20. The van der Waals surface area contributed by atoms with Crippen molar-refractivity contribution in [1.82, 2.24) is 0 Å². The highest BCUT2D eigenvalue weighted by atomic mass is 16.3. The van der Waals surface area contributed by atoms with Crippen molar-refractivity contribution in [3.8, 4) is 0 Å². The van der Waals surface area contributed by atoms with Gasteiger partial charge >= 0.3 is 0 Å². The minimum atomic E-state index is -0.529. The Morgan fingerprint density at radius 3 is 2.64 bits per heavy atom. The maximum Gasteiger partial charge on any atom is 0.0803 e. The Balaban J connectivity index is 2.81. The van der Waals surface area contributed by atoms with Gasteiger partial charge in [0.25, 0.3) is 0 Å². The first-order valence-electron chi connectivity index (χ1n) is 3.84. The molecule has 62 valence electrons. The van der Waals surface area contributed by atoms with Crippen molar-refractivity contribution in [2.24, 2.45) is 5.92 Å². The summed E-state index contributed by atoms with van der Waals surface area (Å²) in [4.78, 5) is 0. The zero-order chi connectivity index (χ0) is 8.43. The summed E-state index contributed by atoms with van der Waals surface area (Å²) in [7, 11) is 0. The number of allylic oxidation sites excluding steroid dienone is 2. The average Bonchev–Trinajstić information content (AvgIpc) is 2.07. The molecule has 0 amide bonds. The van der Waals surface area contributed by atoms with Gasteiger partial charge in [-0.05, 0) is 12.5 Å². The molecule has 0 unspecified atom stereocenters. The third kappa shape index (κ3) is 1.70. The second-order valence-corrected chi connectivity index (χ2v) is 3.09. The second kappa shape index (κ2) is 3.20. The Hall–Kier alpha value is -0.600. The third-order valence-electron chi connectivity index (χ3n) is 2.17. The van der Waals surface area contributed by atoms with E-state index in [1.54, 1.807) is 12.2 Å². The molecule has 11 heavy (non-hydrogen) atoms. The lowest BCUT2D eigenvalue weighted by molar-refractivity contribution is 0.0676. The minimum Gasteiger partial charge on any atom is -0.389 e. The van der Waals surface area contributed by atoms with Gasteiger partial charge in [-0.15, -0.1) is 0 Å². The maximum atomic E-state index is 9.53. The van der Waals surface area contributed by atoms with E-state index in [0.717, 1.165) is 5.57 Å². The molecule has 1 aliphatic rings. The molecule has 0 saturated heterocycles. The van der Waals surface area contributed by atoms with E-state index < -0.39 is 12.2 Å². The lowest BCUT2D eigenvalue weighted by Gasteiger charge is -2.20. The molecule has 2 nitrogen and oxygen atoms in total. The van der Waals surface area contributed by atoms with Crippen molar-refractivity contribution in [3.63, 3.8) is 0 Å². The minimum absolute atomic E-state index is 0.106. The summed E-state index contributed by atoms with van der Waals surface area (Å²) in [5, 5.41) is 18.9. The Morgan fingerprint density at radius 2 is 2.00 bits per heavy atom. The van der Waals surface area contributed by atoms with Crippen molar-refractivity contribution in [2.75, 3.05) is 0 Å². The van der Waals surface area contributed by atoms with Gasteiger partial charge in [0.2, 0.25) is 0 Å². The zero-order valence-corrected chi connectivity index (χ0v) is 6.86. The normalized spacial score (nSPS) is 38.2. The van der Waals surface area contributed by atoms with Crippen molar-refractivity contribution in [2.45, 2.75) is 26.1 Å². The Labute approximate surface area is 66.9 Å². The summed E-state index contributed by atoms with van der Waals surface area (Å²) >= 11 is 0. The van der Waals surface area contributed by atoms with Crippen LogP contribution in [0.2, 0.25) is 0 Å². The molecule has 0 aromatic carbocycles. The van der Waals surface area contributed by atoms with E-state index in [2.05, 4.69) is 0 Å². The SMILES string of the molecule is CC1=CC=C[C@@H](O)[C@H](C)[C@@H]1O. The summed E-state index contributed by atoms with van der Waals surface area (Å²) in [6, 6.07) is 0. The number of aliphatic hydroxyl groups is 2. The first-order valence-corrected chi connectivity index (χ1v) is 3.84. The molecule has 3 atom stereocenters. The van der Waals surface area contributed by atoms with Crippen LogP contribution in [0.4, 0.5) is 0 Å². The molecular weight excluding hydrogens is 140 g/mol. The van der Waals surface area contributed by atoms with E-state index in [9.17, 15) is 10.2 Å². The van der Waals surface area contributed by atoms with E-state index in [1.807, 2.05) is 19.9 Å². The van der Waals surface area contributed by atoms with Crippen molar-refractivity contribution >= 4 is 0 Å². The molecule has 1 aliphatic carbocycles. The predicted octanol–water partition coefficient (Wildman–Crippen LogP) is 0.860. The number of hydrogen-bond donors (Lipinski definition) is 2. The predicted molar refractivity (Wildman–Crippen MR) is 44.1 cm³/mol. The molecule has 1 rings (SSSR count). The molecule has 0 saturated carbocycles. The van der Waals surface area contributed by atoms with Crippen LogP contribution in [-0.4, -0.2) is 22.4 Å². The summed E-state index contributed by atoms with van der Waals surface area (Å²) in [6.07, 6.45) is 4.27. The van der Waals surface area contributed by atoms with Crippen LogP contribution in [0.3, 0.4) is 0 Å². The molecule has 0 fully saturated rings. The third-order valence-corrected chi connectivity index (χ3v) is 2.17.